The molecule has 0 aliphatic carbocycles. The van der Waals surface area contributed by atoms with E-state index in [0.29, 0.717) is 25.0 Å². The third-order valence-electron chi connectivity index (χ3n) is 10.8. The van der Waals surface area contributed by atoms with Crippen molar-refractivity contribution in [3.63, 3.8) is 0 Å². The number of ketones is 1. The van der Waals surface area contributed by atoms with Crippen molar-refractivity contribution < 1.29 is 43.6 Å². The molecule has 0 saturated carbocycles. The lowest BCUT2D eigenvalue weighted by Crippen LogP contribution is -2.58. The average Bonchev–Trinajstić information content (AvgIpc) is 3.05. The topological polar surface area (TPSA) is 162 Å². The molecule has 2 saturated heterocycles. The number of hydrogen-bond donors (Lipinski definition) is 3. The van der Waals surface area contributed by atoms with E-state index < -0.39 is 59.5 Å². The van der Waals surface area contributed by atoms with Gasteiger partial charge in [0.2, 0.25) is 0 Å². The normalized spacial score (nSPS) is 40.8. The summed E-state index contributed by atoms with van der Waals surface area (Å²) < 4.78 is 25.2. The summed E-state index contributed by atoms with van der Waals surface area (Å²) >= 11 is 0. The Bertz CT molecular complexity index is 1050. The second kappa shape index (κ2) is 18.5. The largest absolute Gasteiger partial charge is 0.459 e. The number of aliphatic hydroxyl groups is 2. The first kappa shape index (κ1) is 42.5. The molecule has 0 spiro atoms. The summed E-state index contributed by atoms with van der Waals surface area (Å²) in [6, 6.07) is 0.232. The van der Waals surface area contributed by atoms with E-state index in [0.717, 1.165) is 19.4 Å². The van der Waals surface area contributed by atoms with E-state index in [9.17, 15) is 19.8 Å². The van der Waals surface area contributed by atoms with Gasteiger partial charge in [0.25, 0.3) is 0 Å². The lowest BCUT2D eigenvalue weighted by molar-refractivity contribution is -0.262. The summed E-state index contributed by atoms with van der Waals surface area (Å²) in [4.78, 5) is 35.8. The van der Waals surface area contributed by atoms with Crippen molar-refractivity contribution in [2.24, 2.45) is 34.6 Å². The first-order valence-corrected chi connectivity index (χ1v) is 18.1. The van der Waals surface area contributed by atoms with E-state index in [-0.39, 0.29) is 42.9 Å². The van der Waals surface area contributed by atoms with Gasteiger partial charge in [-0.05, 0) is 73.4 Å². The highest BCUT2D eigenvalue weighted by atomic mass is 16.7. The minimum Gasteiger partial charge on any atom is -0.459 e. The molecule has 2 aliphatic rings. The summed E-state index contributed by atoms with van der Waals surface area (Å²) in [5.41, 5.74) is 3.43. The Morgan fingerprint density at radius 2 is 1.73 bits per heavy atom. The molecule has 1 unspecified atom stereocenters. The van der Waals surface area contributed by atoms with Gasteiger partial charge in [-0.2, -0.15) is 0 Å². The molecule has 13 atom stereocenters. The van der Waals surface area contributed by atoms with E-state index in [4.69, 9.17) is 29.5 Å². The van der Waals surface area contributed by atoms with Crippen LogP contribution in [0.3, 0.4) is 0 Å². The van der Waals surface area contributed by atoms with E-state index in [1.165, 1.54) is 13.8 Å². The van der Waals surface area contributed by atoms with Crippen molar-refractivity contribution in [3.05, 3.63) is 0 Å². The maximum atomic E-state index is 14.1. The number of carbonyl (C=O) groups excluding carboxylic acids is 2. The average molecular weight is 686 g/mol. The zero-order valence-electron chi connectivity index (χ0n) is 31.7. The Kier molecular flexibility index (Phi) is 16.4. The van der Waals surface area contributed by atoms with Gasteiger partial charge >= 0.3 is 5.97 Å². The monoisotopic (exact) mass is 685 g/mol. The fraction of sp³-hybridized carbons (Fsp3) is 0.917. The second-order valence-electron chi connectivity index (χ2n) is 14.8. The van der Waals surface area contributed by atoms with Gasteiger partial charge < -0.3 is 44.6 Å². The number of rotatable bonds is 11. The van der Waals surface area contributed by atoms with Crippen LogP contribution in [-0.4, -0.2) is 114 Å². The highest BCUT2D eigenvalue weighted by Crippen LogP contribution is 2.38. The van der Waals surface area contributed by atoms with Crippen LogP contribution in [0.15, 0.2) is 5.16 Å². The predicted molar refractivity (Wildman–Crippen MR) is 185 cm³/mol. The van der Waals surface area contributed by atoms with Crippen LogP contribution in [0.5, 0.6) is 0 Å². The fourth-order valence-corrected chi connectivity index (χ4v) is 7.45. The lowest BCUT2D eigenvalue weighted by atomic mass is 9.74. The lowest BCUT2D eigenvalue weighted by Gasteiger charge is -2.46. The van der Waals surface area contributed by atoms with Crippen LogP contribution in [0.4, 0.5) is 0 Å². The van der Waals surface area contributed by atoms with Crippen LogP contribution in [0.1, 0.15) is 108 Å². The number of hydrogen-bond acceptors (Lipinski definition) is 12. The molecule has 48 heavy (non-hydrogen) atoms. The summed E-state index contributed by atoms with van der Waals surface area (Å²) in [5.74, 6) is -4.23. The Balaban J connectivity index is 2.70. The van der Waals surface area contributed by atoms with E-state index >= 15 is 0 Å². The molecule has 4 N–H and O–H groups in total. The fourth-order valence-electron chi connectivity index (χ4n) is 7.45. The molecule has 0 amide bonds. The number of nitrogens with zero attached hydrogens (tertiary/aromatic N) is 2. The third-order valence-corrected chi connectivity index (χ3v) is 10.8. The van der Waals surface area contributed by atoms with E-state index in [1.807, 2.05) is 27.7 Å². The van der Waals surface area contributed by atoms with Crippen molar-refractivity contribution in [2.45, 2.75) is 162 Å². The van der Waals surface area contributed by atoms with Gasteiger partial charge in [-0.15, -0.1) is 0 Å². The number of aliphatic hydroxyl groups excluding tert-OH is 1. The number of oxime groups is 1. The number of cyclic esters (lactones) is 1. The Labute approximate surface area is 289 Å². The summed E-state index contributed by atoms with van der Waals surface area (Å²) in [5, 5.41) is 27.9. The number of ether oxygens (including phenoxy) is 4. The first-order valence-electron chi connectivity index (χ1n) is 18.1. The molecule has 12 heteroatoms. The van der Waals surface area contributed by atoms with Gasteiger partial charge in [0.1, 0.15) is 23.7 Å². The molecule has 2 fully saturated rings. The molecule has 0 aromatic heterocycles. The molecule has 0 radical (unpaired) electrons. The smallest absolute Gasteiger partial charge is 0.316 e. The van der Waals surface area contributed by atoms with Crippen LogP contribution in [0.2, 0.25) is 0 Å². The maximum Gasteiger partial charge on any atom is 0.316 e. The van der Waals surface area contributed by atoms with Gasteiger partial charge in [0, 0.05) is 43.9 Å². The minimum atomic E-state index is -1.87. The van der Waals surface area contributed by atoms with Crippen LogP contribution in [0.25, 0.3) is 0 Å². The Hall–Kier alpha value is -1.67. The van der Waals surface area contributed by atoms with Gasteiger partial charge in [-0.3, -0.25) is 9.59 Å². The van der Waals surface area contributed by atoms with Crippen molar-refractivity contribution in [1.29, 1.82) is 0 Å². The number of carbonyl (C=O) groups is 2. The zero-order chi connectivity index (χ0) is 36.6. The summed E-state index contributed by atoms with van der Waals surface area (Å²) in [7, 11) is 3.69. The van der Waals surface area contributed by atoms with Gasteiger partial charge in [0.05, 0.1) is 29.6 Å². The van der Waals surface area contributed by atoms with Crippen molar-refractivity contribution in [1.82, 2.24) is 4.90 Å². The SMILES string of the molecule is CCCN(C)[C@@H]1C[C@H](O[C@@H]2[C@@H](C)C(=O)[C@@H](C)C(=O)O[C@H](CC)[C@@](C)(O)C(O)[C@@H](C)/C(=N/O[C@H](CC)CN)[C@H](C)C[C@@]2(C)OC)O[C@H](C)C1. The first-order chi connectivity index (χ1) is 22.4. The predicted octanol–water partition coefficient (Wildman–Crippen LogP) is 4.07. The van der Waals surface area contributed by atoms with Crippen molar-refractivity contribution in [2.75, 3.05) is 27.2 Å². The maximum absolute atomic E-state index is 14.1. The van der Waals surface area contributed by atoms with Crippen LogP contribution in [-0.2, 0) is 33.4 Å². The highest BCUT2D eigenvalue weighted by molar-refractivity contribution is 6.00. The molecule has 0 aromatic carbocycles. The molecule has 2 heterocycles. The number of esters is 1. The molecule has 280 valence electrons. The number of Topliss-reactive ketones (excluding diaryl/α,β-unsaturated/α-hetero) is 1. The minimum absolute atomic E-state index is 0.0646. The molecule has 12 nitrogen and oxygen atoms in total. The zero-order valence-corrected chi connectivity index (χ0v) is 31.7. The van der Waals surface area contributed by atoms with Crippen molar-refractivity contribution in [3.8, 4) is 0 Å². The highest BCUT2D eigenvalue weighted by Gasteiger charge is 2.50. The summed E-state index contributed by atoms with van der Waals surface area (Å²) in [6.45, 7) is 19.4. The molecular formula is C36H67N3O9. The summed E-state index contributed by atoms with van der Waals surface area (Å²) in [6.07, 6.45) is -0.709. The van der Waals surface area contributed by atoms with Gasteiger partial charge in [-0.25, -0.2) is 0 Å². The third kappa shape index (κ3) is 10.2. The molecular weight excluding hydrogens is 618 g/mol. The van der Waals surface area contributed by atoms with Gasteiger partial charge in [-0.1, -0.05) is 46.7 Å². The molecule has 0 bridgehead atoms. The standard InChI is InChI=1S/C36H67N3O9/c1-13-16-39(11)26-17-22(5)45-29(18-26)47-33-24(7)31(40)25(8)34(42)46-28(15-3)36(10,43)32(41)23(6)30(38-48-27(14-2)20-37)21(4)19-35(33,9)44-12/h21-29,32-33,41,43H,13-20,37H2,1-12H3/b38-30+/t21-,22-,23+,24+,25-,26+,27-,28-,29+,32?,33-,35-,36-/m1/s1. The quantitative estimate of drug-likeness (QED) is 0.163. The molecule has 2 aliphatic heterocycles. The molecule has 0 aromatic rings. The van der Waals surface area contributed by atoms with E-state index in [1.54, 1.807) is 27.9 Å². The van der Waals surface area contributed by atoms with E-state index in [2.05, 4.69) is 24.0 Å². The van der Waals surface area contributed by atoms with Crippen LogP contribution in [0, 0.1) is 23.7 Å². The number of methoxy groups -OCH3 is 1. The second-order valence-corrected chi connectivity index (χ2v) is 14.8. The Morgan fingerprint density at radius 1 is 1.08 bits per heavy atom. The van der Waals surface area contributed by atoms with Gasteiger partial charge in [0.15, 0.2) is 12.1 Å². The van der Waals surface area contributed by atoms with Crippen LogP contribution >= 0.6 is 0 Å². The number of nitrogens with two attached hydrogens (primary N) is 1. The molecule has 2 rings (SSSR count). The van der Waals surface area contributed by atoms with Crippen molar-refractivity contribution >= 4 is 17.5 Å². The Morgan fingerprint density at radius 3 is 2.27 bits per heavy atom. The van der Waals surface area contributed by atoms with Crippen LogP contribution < -0.4 is 5.73 Å².